The van der Waals surface area contributed by atoms with Gasteiger partial charge in [-0.2, -0.15) is 0 Å². The quantitative estimate of drug-likeness (QED) is 0.0388. The lowest BCUT2D eigenvalue weighted by Gasteiger charge is -2.48. The summed E-state index contributed by atoms with van der Waals surface area (Å²) >= 11 is 0. The maximum absolute atomic E-state index is 13.5. The predicted molar refractivity (Wildman–Crippen MR) is 451 cm³/mol. The average Bonchev–Trinajstić information content (AvgIpc) is 0.767. The van der Waals surface area contributed by atoms with Crippen molar-refractivity contribution < 1.29 is 168 Å². The van der Waals surface area contributed by atoms with Crippen molar-refractivity contribution >= 4 is 29.7 Å². The summed E-state index contributed by atoms with van der Waals surface area (Å²) in [5.41, 5.74) is 0. The second-order valence-electron chi connectivity index (χ2n) is 34.7. The van der Waals surface area contributed by atoms with Crippen LogP contribution in [0.25, 0.3) is 0 Å². The minimum absolute atomic E-state index is 0.0390. The fraction of sp³-hybridized carbons (Fsp3) is 0.943. The number of unbranched alkanes of at least 4 members (excludes halogenated alkanes) is 37. The monoisotopic (exact) mass is 1800 g/mol. The number of carboxylic acids is 2. The van der Waals surface area contributed by atoms with Crippen molar-refractivity contribution in [3.05, 3.63) is 0 Å². The van der Waals surface area contributed by atoms with E-state index in [1.807, 2.05) is 0 Å². The number of carbonyl (C=O) groups excluding carboxylic acids is 3. The molecule has 5 saturated heterocycles. The minimum atomic E-state index is -2.32. The van der Waals surface area contributed by atoms with Gasteiger partial charge in [0.1, 0.15) is 116 Å². The Kier molecular flexibility index (Phi) is 58.1. The van der Waals surface area contributed by atoms with Gasteiger partial charge in [0, 0.05) is 39.0 Å². The summed E-state index contributed by atoms with van der Waals surface area (Å²) in [6, 6.07) is -1.07. The summed E-state index contributed by atoms with van der Waals surface area (Å²) in [5.74, 6) is -4.56. The van der Waals surface area contributed by atoms with E-state index in [1.165, 1.54) is 173 Å². The molecular weight excluding hydrogens is 1640 g/mol. The third kappa shape index (κ3) is 41.1. The largest absolute Gasteiger partial charge is 0.479 e. The Morgan fingerprint density at radius 3 is 1.16 bits per heavy atom. The van der Waals surface area contributed by atoms with Crippen LogP contribution in [0.5, 0.6) is 0 Å². The average molecular weight is 1810 g/mol. The molecule has 0 aromatic heterocycles. The lowest BCUT2D eigenvalue weighted by atomic mass is 9.95. The van der Waals surface area contributed by atoms with Crippen LogP contribution in [-0.4, -0.2) is 346 Å². The molecule has 5 heterocycles. The predicted octanol–water partition coefficient (Wildman–Crippen LogP) is 3.33. The van der Waals surface area contributed by atoms with Crippen molar-refractivity contribution in [2.75, 3.05) is 52.7 Å². The Hall–Kier alpha value is -3.73. The van der Waals surface area contributed by atoms with Crippen LogP contribution < -0.4 is 16.0 Å². The highest BCUT2D eigenvalue weighted by Crippen LogP contribution is 2.36. The number of carboxylic acid groups (broad SMARTS) is 2. The molecule has 732 valence electrons. The molecule has 0 unspecified atom stereocenters. The number of rotatable bonds is 71. The van der Waals surface area contributed by atoms with Gasteiger partial charge in [0.25, 0.3) is 0 Å². The van der Waals surface area contributed by atoms with Crippen molar-refractivity contribution in [3.8, 4) is 0 Å². The number of hydrogen-bond acceptors (Lipinski definition) is 32. The van der Waals surface area contributed by atoms with Gasteiger partial charge in [-0.3, -0.25) is 14.4 Å². The maximum atomic E-state index is 13.5. The number of hydrogen-bond donors (Lipinski definition) is 21. The van der Waals surface area contributed by atoms with Gasteiger partial charge in [0.2, 0.25) is 17.7 Å². The fourth-order valence-corrected chi connectivity index (χ4v) is 16.5. The zero-order chi connectivity index (χ0) is 91.4. The summed E-state index contributed by atoms with van der Waals surface area (Å²) < 4.78 is 61.6. The summed E-state index contributed by atoms with van der Waals surface area (Å²) in [7, 11) is 0. The topological polar surface area (TPSA) is 587 Å². The Balaban J connectivity index is 0.934. The van der Waals surface area contributed by atoms with Crippen LogP contribution >= 0.6 is 0 Å². The first kappa shape index (κ1) is 112. The van der Waals surface area contributed by atoms with Gasteiger partial charge in [-0.25, -0.2) is 9.59 Å². The van der Waals surface area contributed by atoms with Gasteiger partial charge in [-0.05, 0) is 38.5 Å². The molecule has 5 aliphatic rings. The number of amides is 3. The highest BCUT2D eigenvalue weighted by Gasteiger charge is 2.57. The van der Waals surface area contributed by atoms with E-state index in [9.17, 15) is 116 Å². The van der Waals surface area contributed by atoms with Crippen LogP contribution in [0.2, 0.25) is 0 Å². The molecule has 37 heteroatoms. The molecule has 0 saturated carbocycles. The Labute approximate surface area is 737 Å². The normalized spacial score (nSPS) is 31.0. The van der Waals surface area contributed by atoms with Crippen LogP contribution in [0, 0.1) is 0 Å². The van der Waals surface area contributed by atoms with E-state index in [-0.39, 0.29) is 64.0 Å². The maximum Gasteiger partial charge on any atom is 0.335 e. The molecule has 0 aliphatic carbocycles. The molecule has 125 heavy (non-hydrogen) atoms. The van der Waals surface area contributed by atoms with Gasteiger partial charge in [-0.1, -0.05) is 245 Å². The Morgan fingerprint density at radius 2 is 0.680 bits per heavy atom. The van der Waals surface area contributed by atoms with Crippen molar-refractivity contribution in [3.63, 3.8) is 0 Å². The summed E-state index contributed by atoms with van der Waals surface area (Å²) in [4.78, 5) is 62.8. The third-order valence-electron chi connectivity index (χ3n) is 24.3. The first-order chi connectivity index (χ1) is 60.2. The molecule has 3 amide bonds. The Bertz CT molecular complexity index is 2820. The van der Waals surface area contributed by atoms with Crippen LogP contribution in [0.1, 0.15) is 303 Å². The van der Waals surface area contributed by atoms with Crippen molar-refractivity contribution in [2.45, 2.75) is 475 Å². The molecule has 37 nitrogen and oxygen atoms in total. The molecule has 21 N–H and O–H groups in total. The zero-order valence-electron chi connectivity index (χ0n) is 74.2. The highest BCUT2D eigenvalue weighted by molar-refractivity contribution is 5.77. The van der Waals surface area contributed by atoms with Gasteiger partial charge in [0.05, 0.1) is 45.2 Å². The van der Waals surface area contributed by atoms with E-state index < -0.39 is 203 Å². The van der Waals surface area contributed by atoms with Crippen LogP contribution in [0.15, 0.2) is 0 Å². The number of nitrogens with one attached hydrogen (secondary N) is 3. The number of ether oxygens (including phenoxy) is 11. The van der Waals surface area contributed by atoms with E-state index in [1.54, 1.807) is 0 Å². The van der Waals surface area contributed by atoms with Crippen molar-refractivity contribution in [2.24, 2.45) is 0 Å². The van der Waals surface area contributed by atoms with E-state index >= 15 is 0 Å². The van der Waals surface area contributed by atoms with E-state index in [0.29, 0.717) is 51.5 Å². The molecule has 5 fully saturated rings. The van der Waals surface area contributed by atoms with Gasteiger partial charge in [0.15, 0.2) is 43.7 Å². The van der Waals surface area contributed by atoms with Gasteiger partial charge >= 0.3 is 11.9 Å². The lowest BCUT2D eigenvalue weighted by Crippen LogP contribution is -2.68. The number of aliphatic hydroxyl groups excluding tert-OH is 16. The van der Waals surface area contributed by atoms with Crippen LogP contribution in [0.4, 0.5) is 0 Å². The first-order valence-electron chi connectivity index (χ1n) is 47.3. The van der Waals surface area contributed by atoms with Crippen LogP contribution in [0.3, 0.4) is 0 Å². The Morgan fingerprint density at radius 1 is 0.328 bits per heavy atom. The van der Waals surface area contributed by atoms with E-state index in [4.69, 9.17) is 52.1 Å². The summed E-state index contributed by atoms with van der Waals surface area (Å²) in [6.45, 7) is 2.17. The van der Waals surface area contributed by atoms with Crippen molar-refractivity contribution in [1.82, 2.24) is 16.0 Å². The molecule has 5 aliphatic heterocycles. The molecule has 0 spiro atoms. The molecule has 28 atom stereocenters. The van der Waals surface area contributed by atoms with Gasteiger partial charge in [-0.15, -0.1) is 0 Å². The molecular formula is C88H161N3O34. The molecule has 0 bridgehead atoms. The molecule has 0 aromatic rings. The SMILES string of the molecule is CCCCCCCCCCCCCCCCCCCCCCCCCC(=O)N[C@@H](CO[C@H]1O[C@H](COCCCCCCNC(=O)CCCCC(=O)NCCO[C@@H]2O[C@@H](CO)[C@@H](O[C@@H]3O[C@H](C(=O)O)[C@@H](O)[C@H](O[C@@H]4O[C@H](CO)[C@@H](O[C@@H]5O[C@H](C(=O)O)[C@@H](O)[C@@H](O)[C@@H]5O)[C@H](O)[C@@H]4O)[C@H]3O)[C@@H](O)[C@H]2O)[C@@H](O)[C@H](O)[C@H]1O)[C@H](O)[C@H](O)CCCCCCCCCCCCCC. The second-order valence-corrected chi connectivity index (χ2v) is 34.7. The standard InChI is InChI=1S/C88H161N3O34/c1-3-5-7-9-11-13-15-17-18-19-20-21-22-23-24-25-26-27-29-31-33-35-39-47-63(97)91-56(64(98)57(94)44-38-34-32-30-28-16-14-12-10-8-6-4-2)54-117-85-71(105)66(100)65(99)60(120-85)55-115-50-43-37-36-42-48-89-61(95)45-40-41-46-62(96)90-49-51-116-84-73(107)69(103)77(58(52-92)118-84)122-88-76(110)79(75(109)81(125-88)83(113)114)123-86-74(108)70(104)78(59(53-93)119-86)121-87-72(106)67(101)68(102)80(124-87)82(111)112/h56-60,64-81,84-88,92-94,98-110H,3-55H2,1-2H3,(H,89,95)(H,90,96)(H,91,97)(H,111,112)(H,113,114)/t56-,57+,58-,59+,60+,64-,65+,66-,67+,68-,69-,70+,71+,72-,73+,74-,75-,76+,77+,78+,79-,80-,81-,84+,85-,86-,87+,88+/m0/s1. The molecule has 0 aromatic carbocycles. The zero-order valence-corrected chi connectivity index (χ0v) is 74.2. The number of aliphatic hydroxyl groups is 16. The number of aliphatic carboxylic acids is 2. The minimum Gasteiger partial charge on any atom is -0.479 e. The summed E-state index contributed by atoms with van der Waals surface area (Å²) in [5, 5.41) is 202. The van der Waals surface area contributed by atoms with E-state index in [0.717, 1.165) is 51.4 Å². The molecule has 5 rings (SSSR count). The fourth-order valence-electron chi connectivity index (χ4n) is 16.5. The smallest absolute Gasteiger partial charge is 0.335 e. The third-order valence-corrected chi connectivity index (χ3v) is 24.3. The lowest BCUT2D eigenvalue weighted by molar-refractivity contribution is -0.385. The molecule has 0 radical (unpaired) electrons. The first-order valence-corrected chi connectivity index (χ1v) is 47.3. The van der Waals surface area contributed by atoms with Gasteiger partial charge < -0.3 is 160 Å². The van der Waals surface area contributed by atoms with Crippen molar-refractivity contribution in [1.29, 1.82) is 0 Å². The number of carbonyl (C=O) groups is 5. The van der Waals surface area contributed by atoms with E-state index in [2.05, 4.69) is 29.8 Å². The van der Waals surface area contributed by atoms with Crippen LogP contribution in [-0.2, 0) is 76.1 Å². The second kappa shape index (κ2) is 65.0. The highest BCUT2D eigenvalue weighted by atomic mass is 16.8. The summed E-state index contributed by atoms with van der Waals surface area (Å²) in [6.07, 6.45) is -4.37.